The van der Waals surface area contributed by atoms with Gasteiger partial charge in [0.15, 0.2) is 0 Å². The molecule has 0 amide bonds. The normalized spacial score (nSPS) is 37.3. The Morgan fingerprint density at radius 1 is 1.48 bits per heavy atom. The number of rotatable bonds is 4. The predicted molar refractivity (Wildman–Crippen MR) is 95.4 cm³/mol. The van der Waals surface area contributed by atoms with Crippen LogP contribution in [-0.4, -0.2) is 23.6 Å². The predicted octanol–water partition coefficient (Wildman–Crippen LogP) is 2.46. The van der Waals surface area contributed by atoms with E-state index in [1.807, 2.05) is 12.3 Å². The van der Waals surface area contributed by atoms with Crippen LogP contribution in [0.2, 0.25) is 0 Å². The van der Waals surface area contributed by atoms with E-state index in [2.05, 4.69) is 29.9 Å². The molecule has 0 bridgehead atoms. The van der Waals surface area contributed by atoms with Crippen LogP contribution < -0.4 is 5.32 Å². The zero-order valence-electron chi connectivity index (χ0n) is 15.1. The van der Waals surface area contributed by atoms with Gasteiger partial charge >= 0.3 is 5.97 Å². The topological polar surface area (TPSA) is 55.8 Å². The maximum Gasteiger partial charge on any atom is 0.315 e. The van der Waals surface area contributed by atoms with Crippen LogP contribution >= 0.6 is 0 Å². The largest absolute Gasteiger partial charge is 0.462 e. The lowest BCUT2D eigenvalue weighted by Gasteiger charge is -2.49. The minimum atomic E-state index is 0.0188. The molecule has 2 saturated carbocycles. The monoisotopic (exact) mass is 341 g/mol. The Morgan fingerprint density at radius 2 is 2.36 bits per heavy atom. The molecule has 2 aliphatic carbocycles. The Bertz CT molecular complexity index is 659. The summed E-state index contributed by atoms with van der Waals surface area (Å²) in [5.41, 5.74) is 2.89. The molecular formula is C21H29N2O2+. The molecule has 25 heavy (non-hydrogen) atoms. The van der Waals surface area contributed by atoms with E-state index in [1.165, 1.54) is 24.0 Å². The first-order valence-corrected chi connectivity index (χ1v) is 9.65. The van der Waals surface area contributed by atoms with Crippen molar-refractivity contribution < 1.29 is 14.8 Å². The van der Waals surface area contributed by atoms with E-state index in [0.717, 1.165) is 32.4 Å². The lowest BCUT2D eigenvalue weighted by atomic mass is 9.55. The first kappa shape index (κ1) is 16.8. The number of nitrogens with zero attached hydrogens (tertiary/aromatic N) is 1. The van der Waals surface area contributed by atoms with Gasteiger partial charge in [-0.15, -0.1) is 0 Å². The fourth-order valence-corrected chi connectivity index (χ4v) is 5.47. The van der Waals surface area contributed by atoms with E-state index in [9.17, 15) is 4.79 Å². The highest BCUT2D eigenvalue weighted by Crippen LogP contribution is 2.56. The molecule has 0 unspecified atom stereocenters. The molecule has 134 valence electrons. The summed E-state index contributed by atoms with van der Waals surface area (Å²) in [5, 5.41) is 2.23. The van der Waals surface area contributed by atoms with Crippen molar-refractivity contribution in [3.63, 3.8) is 0 Å². The Kier molecular flexibility index (Phi) is 4.40. The van der Waals surface area contributed by atoms with Crippen molar-refractivity contribution >= 4 is 5.97 Å². The van der Waals surface area contributed by atoms with Gasteiger partial charge in [0.05, 0.1) is 6.54 Å². The number of ether oxygens (including phenoxy) is 1. The van der Waals surface area contributed by atoms with Crippen LogP contribution in [0.4, 0.5) is 0 Å². The van der Waals surface area contributed by atoms with Crippen LogP contribution in [0.1, 0.15) is 44.6 Å². The highest BCUT2D eigenvalue weighted by atomic mass is 16.6. The number of carbonyl (C=O) groups is 1. The van der Waals surface area contributed by atoms with Crippen LogP contribution in [0.5, 0.6) is 0 Å². The van der Waals surface area contributed by atoms with Crippen molar-refractivity contribution in [2.24, 2.45) is 23.2 Å². The molecule has 3 fully saturated rings. The second-order valence-electron chi connectivity index (χ2n) is 8.49. The molecule has 5 atom stereocenters. The quantitative estimate of drug-likeness (QED) is 0.676. The summed E-state index contributed by atoms with van der Waals surface area (Å²) >= 11 is 0. The van der Waals surface area contributed by atoms with Crippen molar-refractivity contribution in [1.82, 2.24) is 4.98 Å². The number of quaternary nitrogens is 1. The van der Waals surface area contributed by atoms with Crippen molar-refractivity contribution in [3.8, 4) is 0 Å². The SMILES string of the molecule is C=C1CCC[C@]2(C)C[C@H]3OC(=O)[C@@H](C[NH2+]Cc4cccnc4)[C@H]3C[C@@H]12. The number of hydrogen-bond donors (Lipinski definition) is 1. The highest BCUT2D eigenvalue weighted by Gasteiger charge is 2.55. The van der Waals surface area contributed by atoms with E-state index in [1.54, 1.807) is 6.20 Å². The molecule has 3 aliphatic rings. The summed E-state index contributed by atoms with van der Waals surface area (Å²) in [4.78, 5) is 16.7. The van der Waals surface area contributed by atoms with Gasteiger partial charge in [0.2, 0.25) is 0 Å². The van der Waals surface area contributed by atoms with Crippen LogP contribution in [0.3, 0.4) is 0 Å². The second kappa shape index (κ2) is 6.56. The van der Waals surface area contributed by atoms with Gasteiger partial charge in [0.25, 0.3) is 0 Å². The Labute approximate surface area is 150 Å². The second-order valence-corrected chi connectivity index (χ2v) is 8.49. The van der Waals surface area contributed by atoms with Crippen molar-refractivity contribution in [2.75, 3.05) is 6.54 Å². The number of fused-ring (bicyclic) bond motifs is 2. The van der Waals surface area contributed by atoms with Gasteiger partial charge in [-0.3, -0.25) is 9.78 Å². The molecule has 1 aliphatic heterocycles. The van der Waals surface area contributed by atoms with E-state index >= 15 is 0 Å². The fraction of sp³-hybridized carbons (Fsp3) is 0.619. The maximum atomic E-state index is 12.5. The van der Waals surface area contributed by atoms with Crippen LogP contribution in [-0.2, 0) is 16.1 Å². The number of esters is 1. The molecule has 1 saturated heterocycles. The van der Waals surface area contributed by atoms with Gasteiger partial charge in [-0.2, -0.15) is 0 Å². The summed E-state index contributed by atoms with van der Waals surface area (Å²) in [6.45, 7) is 8.42. The zero-order valence-corrected chi connectivity index (χ0v) is 15.1. The molecule has 0 radical (unpaired) electrons. The molecular weight excluding hydrogens is 312 g/mol. The van der Waals surface area contributed by atoms with E-state index < -0.39 is 0 Å². The average molecular weight is 341 g/mol. The smallest absolute Gasteiger partial charge is 0.315 e. The van der Waals surface area contributed by atoms with Crippen molar-refractivity contribution in [1.29, 1.82) is 0 Å². The molecule has 1 aromatic heterocycles. The number of nitrogens with two attached hydrogens (primary N) is 1. The van der Waals surface area contributed by atoms with Crippen molar-refractivity contribution in [3.05, 3.63) is 42.2 Å². The number of hydrogen-bond acceptors (Lipinski definition) is 3. The van der Waals surface area contributed by atoms with Gasteiger partial charge < -0.3 is 10.1 Å². The zero-order chi connectivity index (χ0) is 17.4. The number of pyridine rings is 1. The molecule has 2 heterocycles. The Balaban J connectivity index is 1.42. The summed E-state index contributed by atoms with van der Waals surface area (Å²) in [5.74, 6) is 0.981. The van der Waals surface area contributed by atoms with Gasteiger partial charge in [-0.05, 0) is 49.5 Å². The van der Waals surface area contributed by atoms with Gasteiger partial charge in [0, 0.05) is 23.9 Å². The van der Waals surface area contributed by atoms with Crippen LogP contribution in [0, 0.1) is 23.2 Å². The lowest BCUT2D eigenvalue weighted by molar-refractivity contribution is -0.675. The molecule has 4 rings (SSSR count). The lowest BCUT2D eigenvalue weighted by Crippen LogP contribution is -2.84. The Hall–Kier alpha value is -1.68. The first-order valence-electron chi connectivity index (χ1n) is 9.65. The van der Waals surface area contributed by atoms with Crippen LogP contribution in [0.25, 0.3) is 0 Å². The minimum absolute atomic E-state index is 0.0188. The van der Waals surface area contributed by atoms with E-state index in [-0.39, 0.29) is 23.4 Å². The van der Waals surface area contributed by atoms with Gasteiger partial charge in [-0.1, -0.05) is 25.1 Å². The average Bonchev–Trinajstić information content (AvgIpc) is 2.88. The third-order valence-electron chi connectivity index (χ3n) is 6.84. The minimum Gasteiger partial charge on any atom is -0.462 e. The molecule has 0 spiro atoms. The number of allylic oxidation sites excluding steroid dienone is 1. The van der Waals surface area contributed by atoms with Crippen LogP contribution in [0.15, 0.2) is 36.7 Å². The van der Waals surface area contributed by atoms with E-state index in [4.69, 9.17) is 4.74 Å². The third-order valence-corrected chi connectivity index (χ3v) is 6.84. The maximum absolute atomic E-state index is 12.5. The molecule has 4 heteroatoms. The van der Waals surface area contributed by atoms with Crippen molar-refractivity contribution in [2.45, 2.75) is 51.7 Å². The summed E-state index contributed by atoms with van der Waals surface area (Å²) < 4.78 is 5.83. The standard InChI is InChI=1S/C21H28N2O2/c1-14-5-3-7-21(2)10-19-16(9-18(14)21)17(20(24)25-19)13-23-12-15-6-4-8-22-11-15/h4,6,8,11,16-19,23H,1,3,5,7,9-10,12-13H2,2H3/p+1/t16-,17+,18+,19-,21-/m1/s1. The third kappa shape index (κ3) is 3.12. The summed E-state index contributed by atoms with van der Waals surface area (Å²) in [6.07, 6.45) is 9.54. The molecule has 1 aromatic rings. The Morgan fingerprint density at radius 3 is 3.16 bits per heavy atom. The molecule has 0 aromatic carbocycles. The fourth-order valence-electron chi connectivity index (χ4n) is 5.47. The molecule has 2 N–H and O–H groups in total. The van der Waals surface area contributed by atoms with Gasteiger partial charge in [0.1, 0.15) is 18.6 Å². The van der Waals surface area contributed by atoms with E-state index in [0.29, 0.717) is 11.8 Å². The number of aromatic nitrogens is 1. The van der Waals surface area contributed by atoms with Gasteiger partial charge in [-0.25, -0.2) is 0 Å². The first-order chi connectivity index (χ1) is 12.1. The number of carbonyl (C=O) groups excluding carboxylic acids is 1. The molecule has 4 nitrogen and oxygen atoms in total. The summed E-state index contributed by atoms with van der Waals surface area (Å²) in [6, 6.07) is 4.04. The summed E-state index contributed by atoms with van der Waals surface area (Å²) in [7, 11) is 0. The highest BCUT2D eigenvalue weighted by molar-refractivity contribution is 5.75.